The van der Waals surface area contributed by atoms with Crippen molar-refractivity contribution in [1.29, 1.82) is 5.26 Å². The molecule has 31 heavy (non-hydrogen) atoms. The fourth-order valence-corrected chi connectivity index (χ4v) is 3.54. The molecule has 3 rings (SSSR count). The topological polar surface area (TPSA) is 98.4 Å². The monoisotopic (exact) mass is 420 g/mol. The van der Waals surface area contributed by atoms with Crippen LogP contribution in [0.4, 0.5) is 0 Å². The SMILES string of the molecule is COc1cc(C(C#N)NC(=O)c2cc(C)n(-c3cccnc3)c2C)cc(OC)c1OC. The highest BCUT2D eigenvalue weighted by molar-refractivity contribution is 5.96. The van der Waals surface area contributed by atoms with Crippen molar-refractivity contribution in [3.63, 3.8) is 0 Å². The maximum atomic E-state index is 13.1. The molecule has 2 aromatic heterocycles. The molecule has 1 aromatic carbocycles. The van der Waals surface area contributed by atoms with E-state index in [0.717, 1.165) is 17.1 Å². The number of carbonyl (C=O) groups excluding carboxylic acids is 1. The molecule has 0 fully saturated rings. The van der Waals surface area contributed by atoms with Gasteiger partial charge in [0.1, 0.15) is 6.04 Å². The molecule has 2 heterocycles. The highest BCUT2D eigenvalue weighted by atomic mass is 16.5. The quantitative estimate of drug-likeness (QED) is 0.628. The minimum Gasteiger partial charge on any atom is -0.493 e. The molecule has 1 unspecified atom stereocenters. The van der Waals surface area contributed by atoms with E-state index in [9.17, 15) is 10.1 Å². The number of rotatable bonds is 7. The van der Waals surface area contributed by atoms with Gasteiger partial charge in [0.15, 0.2) is 11.5 Å². The van der Waals surface area contributed by atoms with Crippen molar-refractivity contribution < 1.29 is 19.0 Å². The Bertz CT molecular complexity index is 1110. The summed E-state index contributed by atoms with van der Waals surface area (Å²) in [4.78, 5) is 17.2. The van der Waals surface area contributed by atoms with Crippen LogP contribution < -0.4 is 19.5 Å². The van der Waals surface area contributed by atoms with Crippen LogP contribution in [0.15, 0.2) is 42.7 Å². The van der Waals surface area contributed by atoms with Gasteiger partial charge in [-0.15, -0.1) is 0 Å². The summed E-state index contributed by atoms with van der Waals surface area (Å²) in [5.41, 5.74) is 3.50. The van der Waals surface area contributed by atoms with Gasteiger partial charge >= 0.3 is 0 Å². The van der Waals surface area contributed by atoms with E-state index < -0.39 is 6.04 Å². The number of methoxy groups -OCH3 is 3. The highest BCUT2D eigenvalue weighted by Gasteiger charge is 2.23. The third-order valence-corrected chi connectivity index (χ3v) is 5.00. The van der Waals surface area contributed by atoms with Gasteiger partial charge < -0.3 is 24.1 Å². The third-order valence-electron chi connectivity index (χ3n) is 5.00. The molecular weight excluding hydrogens is 396 g/mol. The van der Waals surface area contributed by atoms with E-state index in [-0.39, 0.29) is 5.91 Å². The molecule has 0 spiro atoms. The molecule has 0 aliphatic carbocycles. The molecule has 1 N–H and O–H groups in total. The summed E-state index contributed by atoms with van der Waals surface area (Å²) < 4.78 is 18.0. The smallest absolute Gasteiger partial charge is 0.254 e. The summed E-state index contributed by atoms with van der Waals surface area (Å²) in [5.74, 6) is 0.863. The van der Waals surface area contributed by atoms with E-state index in [1.807, 2.05) is 30.5 Å². The van der Waals surface area contributed by atoms with Gasteiger partial charge in [-0.3, -0.25) is 9.78 Å². The summed E-state index contributed by atoms with van der Waals surface area (Å²) in [7, 11) is 4.49. The lowest BCUT2D eigenvalue weighted by Gasteiger charge is -2.17. The second-order valence-electron chi connectivity index (χ2n) is 6.83. The fourth-order valence-electron chi connectivity index (χ4n) is 3.54. The number of pyridine rings is 1. The van der Waals surface area contributed by atoms with Gasteiger partial charge in [-0.25, -0.2) is 0 Å². The van der Waals surface area contributed by atoms with Gasteiger partial charge in [-0.05, 0) is 49.7 Å². The van der Waals surface area contributed by atoms with Crippen LogP contribution in [-0.4, -0.2) is 36.8 Å². The van der Waals surface area contributed by atoms with Gasteiger partial charge in [0.05, 0.1) is 44.8 Å². The third kappa shape index (κ3) is 4.16. The summed E-state index contributed by atoms with van der Waals surface area (Å²) in [6.45, 7) is 3.77. The van der Waals surface area contributed by atoms with Gasteiger partial charge in [0, 0.05) is 17.6 Å². The molecule has 0 aliphatic rings. The molecule has 1 atom stereocenters. The van der Waals surface area contributed by atoms with E-state index in [1.165, 1.54) is 21.3 Å². The summed E-state index contributed by atoms with van der Waals surface area (Å²) in [6.07, 6.45) is 3.43. The minimum atomic E-state index is -0.914. The number of nitrogens with one attached hydrogen (secondary N) is 1. The van der Waals surface area contributed by atoms with Crippen molar-refractivity contribution in [1.82, 2.24) is 14.9 Å². The standard InChI is InChI=1S/C23H24N4O4/c1-14-9-18(15(2)27(14)17-7-6-8-25-13-17)23(28)26-19(12-24)16-10-20(29-3)22(31-5)21(11-16)30-4/h6-11,13,19H,1-5H3,(H,26,28). The average molecular weight is 420 g/mol. The molecule has 0 saturated heterocycles. The second kappa shape index (κ2) is 9.22. The predicted molar refractivity (Wildman–Crippen MR) is 115 cm³/mol. The van der Waals surface area contributed by atoms with Crippen molar-refractivity contribution in [3.8, 4) is 29.0 Å². The fraction of sp³-hybridized carbons (Fsp3) is 0.261. The maximum Gasteiger partial charge on any atom is 0.254 e. The number of aryl methyl sites for hydroxylation is 1. The van der Waals surface area contributed by atoms with Gasteiger partial charge in [-0.1, -0.05) is 0 Å². The normalized spacial score (nSPS) is 11.4. The summed E-state index contributed by atoms with van der Waals surface area (Å²) >= 11 is 0. The highest BCUT2D eigenvalue weighted by Crippen LogP contribution is 2.39. The molecule has 8 heteroatoms. The van der Waals surface area contributed by atoms with Crippen LogP contribution >= 0.6 is 0 Å². The van der Waals surface area contributed by atoms with Crippen LogP contribution in [0.2, 0.25) is 0 Å². The Kier molecular flexibility index (Phi) is 6.46. The Morgan fingerprint density at radius 2 is 1.81 bits per heavy atom. The van der Waals surface area contributed by atoms with Crippen LogP contribution in [0.3, 0.4) is 0 Å². The van der Waals surface area contributed by atoms with Crippen LogP contribution in [-0.2, 0) is 0 Å². The van der Waals surface area contributed by atoms with E-state index in [4.69, 9.17) is 14.2 Å². The molecule has 0 saturated carbocycles. The molecule has 0 bridgehead atoms. The zero-order chi connectivity index (χ0) is 22.5. The van der Waals surface area contributed by atoms with Crippen LogP contribution in [0.25, 0.3) is 5.69 Å². The van der Waals surface area contributed by atoms with E-state index in [1.54, 1.807) is 30.6 Å². The molecule has 160 valence electrons. The number of benzene rings is 1. The number of hydrogen-bond acceptors (Lipinski definition) is 6. The minimum absolute atomic E-state index is 0.358. The molecular formula is C23H24N4O4. The first kappa shape index (κ1) is 21.7. The lowest BCUT2D eigenvalue weighted by atomic mass is 10.1. The number of nitrogens with zero attached hydrogens (tertiary/aromatic N) is 3. The van der Waals surface area contributed by atoms with Gasteiger partial charge in [0.25, 0.3) is 5.91 Å². The number of hydrogen-bond donors (Lipinski definition) is 1. The Labute approximate surface area is 181 Å². The predicted octanol–water partition coefficient (Wildman–Crippen LogP) is 3.51. The average Bonchev–Trinajstić information content (AvgIpc) is 3.10. The van der Waals surface area contributed by atoms with Crippen molar-refractivity contribution in [2.45, 2.75) is 19.9 Å². The lowest BCUT2D eigenvalue weighted by Crippen LogP contribution is -2.28. The number of ether oxygens (including phenoxy) is 3. The Morgan fingerprint density at radius 3 is 2.32 bits per heavy atom. The van der Waals surface area contributed by atoms with Crippen molar-refractivity contribution in [2.24, 2.45) is 0 Å². The Balaban J connectivity index is 1.94. The van der Waals surface area contributed by atoms with E-state index in [2.05, 4.69) is 16.4 Å². The molecule has 0 aliphatic heterocycles. The second-order valence-corrected chi connectivity index (χ2v) is 6.83. The first-order valence-corrected chi connectivity index (χ1v) is 9.54. The number of amides is 1. The summed E-state index contributed by atoms with van der Waals surface area (Å²) in [6, 6.07) is 10.1. The zero-order valence-corrected chi connectivity index (χ0v) is 18.1. The van der Waals surface area contributed by atoms with Gasteiger partial charge in [-0.2, -0.15) is 5.26 Å². The Hall–Kier alpha value is -3.99. The molecule has 0 radical (unpaired) electrons. The van der Waals surface area contributed by atoms with E-state index >= 15 is 0 Å². The van der Waals surface area contributed by atoms with Crippen LogP contribution in [0.1, 0.15) is 33.4 Å². The summed E-state index contributed by atoms with van der Waals surface area (Å²) in [5, 5.41) is 12.5. The van der Waals surface area contributed by atoms with Crippen LogP contribution in [0.5, 0.6) is 17.2 Å². The first-order valence-electron chi connectivity index (χ1n) is 9.54. The first-order chi connectivity index (χ1) is 14.9. The lowest BCUT2D eigenvalue weighted by molar-refractivity contribution is 0.0944. The largest absolute Gasteiger partial charge is 0.493 e. The van der Waals surface area contributed by atoms with Crippen LogP contribution in [0, 0.1) is 25.2 Å². The number of aromatic nitrogens is 2. The van der Waals surface area contributed by atoms with Crippen molar-refractivity contribution in [2.75, 3.05) is 21.3 Å². The van der Waals surface area contributed by atoms with Crippen molar-refractivity contribution in [3.05, 3.63) is 65.2 Å². The van der Waals surface area contributed by atoms with Crippen molar-refractivity contribution >= 4 is 5.91 Å². The Morgan fingerprint density at radius 1 is 1.13 bits per heavy atom. The molecule has 8 nitrogen and oxygen atoms in total. The maximum absolute atomic E-state index is 13.1. The molecule has 1 amide bonds. The van der Waals surface area contributed by atoms with Gasteiger partial charge in [0.2, 0.25) is 5.75 Å². The number of carbonyl (C=O) groups is 1. The molecule has 3 aromatic rings. The van der Waals surface area contributed by atoms with E-state index in [0.29, 0.717) is 28.4 Å². The number of nitriles is 1. The zero-order valence-electron chi connectivity index (χ0n) is 18.1.